The van der Waals surface area contributed by atoms with Crippen molar-refractivity contribution >= 4 is 70.4 Å². The molecule has 1 fully saturated rings. The zero-order valence-corrected chi connectivity index (χ0v) is 26.0. The fourth-order valence-electron chi connectivity index (χ4n) is 3.61. The van der Waals surface area contributed by atoms with Gasteiger partial charge in [0.15, 0.2) is 0 Å². The molecule has 1 atom stereocenters. The number of carbonyl (C=O) groups is 4. The van der Waals surface area contributed by atoms with Crippen LogP contribution in [-0.2, 0) is 19.2 Å². The third kappa shape index (κ3) is 15.8. The van der Waals surface area contributed by atoms with E-state index in [1.165, 1.54) is 5.56 Å². The molecule has 0 amide bonds. The number of carboxylic acid groups (broad SMARTS) is 4. The van der Waals surface area contributed by atoms with Crippen molar-refractivity contribution in [3.63, 3.8) is 0 Å². The van der Waals surface area contributed by atoms with Crippen LogP contribution in [0.25, 0.3) is 0 Å². The predicted octanol–water partition coefficient (Wildman–Crippen LogP) is 4.89. The van der Waals surface area contributed by atoms with Gasteiger partial charge in [-0.15, -0.1) is 0 Å². The summed E-state index contributed by atoms with van der Waals surface area (Å²) in [5.74, 6) is -5.03. The van der Waals surface area contributed by atoms with Crippen LogP contribution in [0.2, 0.25) is 15.1 Å². The Balaban J connectivity index is 0.000000476. The number of hydrogen-bond acceptors (Lipinski definition) is 8. The fourth-order valence-corrected chi connectivity index (χ4v) is 5.33. The molecule has 0 spiro atoms. The van der Waals surface area contributed by atoms with Gasteiger partial charge in [-0.25, -0.2) is 19.2 Å². The van der Waals surface area contributed by atoms with Crippen molar-refractivity contribution in [2.75, 3.05) is 39.3 Å². The summed E-state index contributed by atoms with van der Waals surface area (Å²) >= 11 is 20.4. The van der Waals surface area contributed by atoms with Crippen molar-refractivity contribution < 1.29 is 44.7 Å². The minimum absolute atomic E-state index is 0.213. The molecular weight excluding hydrogens is 647 g/mol. The highest BCUT2D eigenvalue weighted by molar-refractivity contribution is 7.99. The monoisotopic (exact) mass is 676 g/mol. The van der Waals surface area contributed by atoms with E-state index in [1.54, 1.807) is 17.8 Å². The molecule has 11 nitrogen and oxygen atoms in total. The summed E-state index contributed by atoms with van der Waals surface area (Å²) in [5.41, 5.74) is 1.19. The van der Waals surface area contributed by atoms with Crippen LogP contribution < -0.4 is 0 Å². The second kappa shape index (κ2) is 20.0. The van der Waals surface area contributed by atoms with Gasteiger partial charge in [0.2, 0.25) is 0 Å². The van der Waals surface area contributed by atoms with Gasteiger partial charge in [0, 0.05) is 82.9 Å². The van der Waals surface area contributed by atoms with Crippen LogP contribution in [0.4, 0.5) is 0 Å². The average molecular weight is 678 g/mol. The van der Waals surface area contributed by atoms with Gasteiger partial charge in [-0.2, -0.15) is 0 Å². The Hall–Kier alpha value is -3.10. The van der Waals surface area contributed by atoms with E-state index in [0.717, 1.165) is 47.5 Å². The number of rotatable bonds is 10. The molecule has 0 aliphatic carbocycles. The van der Waals surface area contributed by atoms with Crippen LogP contribution in [-0.4, -0.2) is 98.5 Å². The average Bonchev–Trinajstić information content (AvgIpc) is 2.94. The van der Waals surface area contributed by atoms with Crippen molar-refractivity contribution in [1.82, 2.24) is 9.80 Å². The van der Waals surface area contributed by atoms with Gasteiger partial charge in [0.1, 0.15) is 0 Å². The topological polar surface area (TPSA) is 176 Å². The lowest BCUT2D eigenvalue weighted by molar-refractivity contribution is -0.134. The molecule has 0 bridgehead atoms. The summed E-state index contributed by atoms with van der Waals surface area (Å²) in [6, 6.07) is 11.8. The van der Waals surface area contributed by atoms with Crippen molar-refractivity contribution in [3.05, 3.63) is 81.3 Å². The highest BCUT2D eigenvalue weighted by atomic mass is 35.5. The third-order valence-corrected chi connectivity index (χ3v) is 7.70. The fraction of sp³-hybridized carbons (Fsp3) is 0.286. The van der Waals surface area contributed by atoms with Gasteiger partial charge in [-0.3, -0.25) is 9.80 Å². The molecule has 15 heteroatoms. The van der Waals surface area contributed by atoms with E-state index in [0.29, 0.717) is 34.3 Å². The van der Waals surface area contributed by atoms with Crippen LogP contribution in [0.5, 0.6) is 0 Å². The minimum atomic E-state index is -1.26. The highest BCUT2D eigenvalue weighted by Crippen LogP contribution is 2.40. The van der Waals surface area contributed by atoms with E-state index in [4.69, 9.17) is 60.3 Å². The SMILES string of the molecule is CC(c1cc(Cl)ccc1Sc1cc(Cl)ccc1Cl)N1CCN(CCO)CC1.O=C(O)/C=C\C(=O)O.O=C(O)/C=C\C(=O)O. The Morgan fingerprint density at radius 2 is 1.23 bits per heavy atom. The lowest BCUT2D eigenvalue weighted by Crippen LogP contribution is -2.47. The third-order valence-electron chi connectivity index (χ3n) is 5.64. The maximum Gasteiger partial charge on any atom is 0.328 e. The first-order valence-corrected chi connectivity index (χ1v) is 14.5. The van der Waals surface area contributed by atoms with Crippen molar-refractivity contribution in [1.29, 1.82) is 0 Å². The first-order valence-electron chi connectivity index (χ1n) is 12.5. The molecule has 43 heavy (non-hydrogen) atoms. The Labute approximate surface area is 267 Å². The molecule has 234 valence electrons. The molecule has 1 unspecified atom stereocenters. The quantitative estimate of drug-likeness (QED) is 0.216. The largest absolute Gasteiger partial charge is 0.478 e. The molecule has 5 N–H and O–H groups in total. The first kappa shape index (κ1) is 37.9. The van der Waals surface area contributed by atoms with Crippen LogP contribution in [0.1, 0.15) is 18.5 Å². The maximum atomic E-state index is 9.55. The van der Waals surface area contributed by atoms with Gasteiger partial charge < -0.3 is 25.5 Å². The molecule has 1 aliphatic rings. The van der Waals surface area contributed by atoms with E-state index in [-0.39, 0.29) is 12.6 Å². The number of piperazine rings is 1. The molecular formula is C28H31Cl3N2O9S. The Bertz CT molecular complexity index is 1250. The highest BCUT2D eigenvalue weighted by Gasteiger charge is 2.24. The van der Waals surface area contributed by atoms with E-state index in [1.807, 2.05) is 24.3 Å². The first-order chi connectivity index (χ1) is 20.2. The molecule has 1 saturated heterocycles. The number of carboxylic acids is 4. The van der Waals surface area contributed by atoms with Gasteiger partial charge in [0.25, 0.3) is 0 Å². The summed E-state index contributed by atoms with van der Waals surface area (Å²) in [6.07, 6.45) is 2.23. The molecule has 1 heterocycles. The number of hydrogen-bond donors (Lipinski definition) is 5. The number of aliphatic carboxylic acids is 4. The summed E-state index contributed by atoms with van der Waals surface area (Å²) in [4.78, 5) is 45.0. The van der Waals surface area contributed by atoms with Crippen LogP contribution >= 0.6 is 46.6 Å². The van der Waals surface area contributed by atoms with E-state index in [2.05, 4.69) is 22.8 Å². The number of nitrogens with zero attached hydrogens (tertiary/aromatic N) is 2. The Kier molecular flexibility index (Phi) is 17.6. The van der Waals surface area contributed by atoms with E-state index < -0.39 is 23.9 Å². The number of benzene rings is 2. The maximum absolute atomic E-state index is 9.55. The summed E-state index contributed by atoms with van der Waals surface area (Å²) in [5, 5.41) is 42.5. The van der Waals surface area contributed by atoms with Crippen LogP contribution in [0.3, 0.4) is 0 Å². The van der Waals surface area contributed by atoms with Gasteiger partial charge in [0.05, 0.1) is 11.6 Å². The predicted molar refractivity (Wildman–Crippen MR) is 164 cm³/mol. The lowest BCUT2D eigenvalue weighted by atomic mass is 10.1. The zero-order valence-electron chi connectivity index (χ0n) is 22.9. The van der Waals surface area contributed by atoms with Gasteiger partial charge >= 0.3 is 23.9 Å². The second-order valence-corrected chi connectivity index (χ2v) is 11.0. The van der Waals surface area contributed by atoms with Gasteiger partial charge in [-0.1, -0.05) is 46.6 Å². The molecule has 0 aromatic heterocycles. The second-order valence-electron chi connectivity index (χ2n) is 8.66. The standard InChI is InChI=1S/C20H23Cl3N2OS.2C4H4O4/c1-14(25-8-6-24(7-9-25)10-11-26)17-12-15(21)3-5-19(17)27-20-13-16(22)2-4-18(20)23;2*5-3(6)1-2-4(7)8/h2-5,12-14,26H,6-11H2,1H3;2*1-2H,(H,5,6)(H,7,8)/b;2*2-1-. The minimum Gasteiger partial charge on any atom is -0.478 e. The number of β-amino-alcohol motifs (C(OH)–C–C–N with tert-alkyl or cyclic N) is 1. The van der Waals surface area contributed by atoms with Gasteiger partial charge in [-0.05, 0) is 48.9 Å². The Morgan fingerprint density at radius 3 is 1.70 bits per heavy atom. The number of aliphatic hydroxyl groups excluding tert-OH is 1. The van der Waals surface area contributed by atoms with E-state index >= 15 is 0 Å². The lowest BCUT2D eigenvalue weighted by Gasteiger charge is -2.38. The molecule has 1 aliphatic heterocycles. The van der Waals surface area contributed by atoms with Crippen molar-refractivity contribution in [3.8, 4) is 0 Å². The molecule has 0 radical (unpaired) electrons. The summed E-state index contributed by atoms with van der Waals surface area (Å²) in [6.45, 7) is 7.04. The van der Waals surface area contributed by atoms with E-state index in [9.17, 15) is 19.2 Å². The Morgan fingerprint density at radius 1 is 0.767 bits per heavy atom. The zero-order chi connectivity index (χ0) is 32.5. The number of aliphatic hydroxyl groups is 1. The van der Waals surface area contributed by atoms with Crippen molar-refractivity contribution in [2.24, 2.45) is 0 Å². The van der Waals surface area contributed by atoms with Crippen molar-refractivity contribution in [2.45, 2.75) is 22.8 Å². The summed E-state index contributed by atoms with van der Waals surface area (Å²) in [7, 11) is 0. The van der Waals surface area contributed by atoms with Crippen LogP contribution in [0, 0.1) is 0 Å². The molecule has 3 rings (SSSR count). The van der Waals surface area contributed by atoms with Crippen LogP contribution in [0.15, 0.2) is 70.5 Å². The molecule has 2 aromatic rings. The molecule has 2 aromatic carbocycles. The number of halogens is 3. The molecule has 0 saturated carbocycles. The normalized spacial score (nSPS) is 14.3. The summed E-state index contributed by atoms with van der Waals surface area (Å²) < 4.78 is 0. The smallest absolute Gasteiger partial charge is 0.328 e.